The van der Waals surface area contributed by atoms with E-state index in [0.29, 0.717) is 12.1 Å². The topological polar surface area (TPSA) is 33.2 Å². The average molecular weight is 260 g/mol. The predicted molar refractivity (Wildman–Crippen MR) is 78.7 cm³/mol. The van der Waals surface area contributed by atoms with Gasteiger partial charge in [0.1, 0.15) is 5.69 Å². The molecular weight excluding hydrogens is 236 g/mol. The third-order valence-corrected chi connectivity index (χ3v) is 4.03. The van der Waals surface area contributed by atoms with Gasteiger partial charge in [-0.3, -0.25) is 9.78 Å². The van der Waals surface area contributed by atoms with Gasteiger partial charge in [-0.2, -0.15) is 0 Å². The van der Waals surface area contributed by atoms with E-state index < -0.39 is 0 Å². The monoisotopic (exact) mass is 260 g/mol. The molecule has 1 fully saturated rings. The molecule has 1 aromatic heterocycles. The number of piperidine rings is 1. The molecule has 0 radical (unpaired) electrons. The fourth-order valence-electron chi connectivity index (χ4n) is 2.81. The van der Waals surface area contributed by atoms with Gasteiger partial charge in [0, 0.05) is 19.5 Å². The van der Waals surface area contributed by atoms with Crippen molar-refractivity contribution in [3.63, 3.8) is 0 Å². The number of Topliss-reactive ketones (excluding diaryl/α,β-unsaturated/α-hetero) is 1. The zero-order valence-electron chi connectivity index (χ0n) is 12.1. The number of ketones is 1. The van der Waals surface area contributed by atoms with Crippen molar-refractivity contribution in [1.82, 2.24) is 4.98 Å². The summed E-state index contributed by atoms with van der Waals surface area (Å²) in [6, 6.07) is 3.90. The highest BCUT2D eigenvalue weighted by atomic mass is 16.1. The van der Waals surface area contributed by atoms with Crippen LogP contribution in [0.2, 0.25) is 0 Å². The normalized spacial score (nSPS) is 16.6. The van der Waals surface area contributed by atoms with Crippen molar-refractivity contribution in [2.45, 2.75) is 46.0 Å². The molecule has 3 nitrogen and oxygen atoms in total. The number of carbonyl (C=O) groups is 1. The van der Waals surface area contributed by atoms with Gasteiger partial charge in [-0.1, -0.05) is 26.7 Å². The highest BCUT2D eigenvalue weighted by molar-refractivity contribution is 5.94. The fraction of sp³-hybridized carbons (Fsp3) is 0.625. The first-order valence-electron chi connectivity index (χ1n) is 7.48. The minimum Gasteiger partial charge on any atom is -0.370 e. The van der Waals surface area contributed by atoms with Gasteiger partial charge in [0.15, 0.2) is 5.78 Å². The van der Waals surface area contributed by atoms with Crippen LogP contribution in [0.5, 0.6) is 0 Å². The highest BCUT2D eigenvalue weighted by Gasteiger charge is 2.19. The van der Waals surface area contributed by atoms with E-state index in [-0.39, 0.29) is 5.78 Å². The van der Waals surface area contributed by atoms with E-state index in [1.54, 1.807) is 0 Å². The molecule has 0 atom stereocenters. The van der Waals surface area contributed by atoms with Crippen LogP contribution in [0.4, 0.5) is 5.69 Å². The molecule has 1 aliphatic heterocycles. The van der Waals surface area contributed by atoms with Gasteiger partial charge in [-0.25, -0.2) is 0 Å². The fourth-order valence-corrected chi connectivity index (χ4v) is 2.81. The molecule has 104 valence electrons. The van der Waals surface area contributed by atoms with Gasteiger partial charge in [0.05, 0.1) is 11.9 Å². The van der Waals surface area contributed by atoms with Gasteiger partial charge in [0.2, 0.25) is 0 Å². The van der Waals surface area contributed by atoms with Crippen LogP contribution in [0, 0.1) is 5.92 Å². The number of hydrogen-bond donors (Lipinski definition) is 0. The summed E-state index contributed by atoms with van der Waals surface area (Å²) in [5, 5.41) is 0. The van der Waals surface area contributed by atoms with Gasteiger partial charge in [0.25, 0.3) is 0 Å². The maximum absolute atomic E-state index is 11.5. The van der Waals surface area contributed by atoms with E-state index in [9.17, 15) is 4.79 Å². The summed E-state index contributed by atoms with van der Waals surface area (Å²) in [4.78, 5) is 18.2. The lowest BCUT2D eigenvalue weighted by Gasteiger charge is -2.33. The molecular formula is C16H24N2O. The van der Waals surface area contributed by atoms with Crippen LogP contribution >= 0.6 is 0 Å². The molecule has 3 heteroatoms. The Labute approximate surface area is 116 Å². The minimum absolute atomic E-state index is 0.119. The molecule has 0 saturated carbocycles. The van der Waals surface area contributed by atoms with Crippen LogP contribution < -0.4 is 4.90 Å². The predicted octanol–water partition coefficient (Wildman–Crippen LogP) is 3.69. The first-order valence-corrected chi connectivity index (χ1v) is 7.48. The van der Waals surface area contributed by atoms with Crippen molar-refractivity contribution in [2.75, 3.05) is 18.0 Å². The van der Waals surface area contributed by atoms with Gasteiger partial charge in [-0.15, -0.1) is 0 Å². The summed E-state index contributed by atoms with van der Waals surface area (Å²) in [5.74, 6) is 1.02. The average Bonchev–Trinajstić information content (AvgIpc) is 2.48. The molecule has 0 aliphatic carbocycles. The van der Waals surface area contributed by atoms with Crippen molar-refractivity contribution in [1.29, 1.82) is 0 Å². The largest absolute Gasteiger partial charge is 0.370 e. The highest BCUT2D eigenvalue weighted by Crippen LogP contribution is 2.25. The number of anilines is 1. The summed E-state index contributed by atoms with van der Waals surface area (Å²) in [6.45, 7) is 6.37. The molecule has 1 saturated heterocycles. The maximum Gasteiger partial charge on any atom is 0.180 e. The van der Waals surface area contributed by atoms with E-state index >= 15 is 0 Å². The standard InChI is InChI=1S/C16H24N2O/c1-3-5-13-8-10-18(11-9-13)14-6-7-15(17-12-14)16(19)4-2/h6-7,12-13H,3-5,8-11H2,1-2H3. The number of hydrogen-bond acceptors (Lipinski definition) is 3. The van der Waals surface area contributed by atoms with Crippen molar-refractivity contribution in [3.05, 3.63) is 24.0 Å². The number of rotatable bonds is 5. The Bertz CT molecular complexity index is 405. The lowest BCUT2D eigenvalue weighted by Crippen LogP contribution is -2.33. The van der Waals surface area contributed by atoms with E-state index in [1.807, 2.05) is 25.3 Å². The van der Waals surface area contributed by atoms with Crippen LogP contribution in [-0.4, -0.2) is 23.9 Å². The van der Waals surface area contributed by atoms with Gasteiger partial charge < -0.3 is 4.90 Å². The van der Waals surface area contributed by atoms with Crippen molar-refractivity contribution in [2.24, 2.45) is 5.92 Å². The Balaban J connectivity index is 1.94. The summed E-state index contributed by atoms with van der Waals surface area (Å²) in [6.07, 6.45) is 7.58. The van der Waals surface area contributed by atoms with Crippen molar-refractivity contribution < 1.29 is 4.79 Å². The van der Waals surface area contributed by atoms with E-state index in [0.717, 1.165) is 24.7 Å². The van der Waals surface area contributed by atoms with Gasteiger partial charge >= 0.3 is 0 Å². The zero-order valence-corrected chi connectivity index (χ0v) is 12.1. The van der Waals surface area contributed by atoms with Gasteiger partial charge in [-0.05, 0) is 30.9 Å². The van der Waals surface area contributed by atoms with Crippen LogP contribution in [-0.2, 0) is 0 Å². The molecule has 1 aliphatic rings. The van der Waals surface area contributed by atoms with Crippen LogP contribution in [0.15, 0.2) is 18.3 Å². The molecule has 0 bridgehead atoms. The number of pyridine rings is 1. The number of carbonyl (C=O) groups excluding carboxylic acids is 1. The molecule has 0 aromatic carbocycles. The lowest BCUT2D eigenvalue weighted by atomic mass is 9.92. The second-order valence-electron chi connectivity index (χ2n) is 5.40. The van der Waals surface area contributed by atoms with Crippen LogP contribution in [0.1, 0.15) is 56.4 Å². The van der Waals surface area contributed by atoms with E-state index in [1.165, 1.54) is 25.7 Å². The number of nitrogens with zero attached hydrogens (tertiary/aromatic N) is 2. The van der Waals surface area contributed by atoms with Crippen molar-refractivity contribution >= 4 is 11.5 Å². The number of aromatic nitrogens is 1. The second-order valence-corrected chi connectivity index (χ2v) is 5.40. The Kier molecular flexibility index (Phi) is 4.94. The Morgan fingerprint density at radius 3 is 2.58 bits per heavy atom. The SMILES string of the molecule is CCCC1CCN(c2ccc(C(=O)CC)nc2)CC1. The lowest BCUT2D eigenvalue weighted by molar-refractivity contribution is 0.0983. The molecule has 1 aromatic rings. The van der Waals surface area contributed by atoms with Crippen molar-refractivity contribution in [3.8, 4) is 0 Å². The summed E-state index contributed by atoms with van der Waals surface area (Å²) < 4.78 is 0. The smallest absolute Gasteiger partial charge is 0.180 e. The third-order valence-electron chi connectivity index (χ3n) is 4.03. The summed E-state index contributed by atoms with van der Waals surface area (Å²) in [5.41, 5.74) is 1.75. The van der Waals surface area contributed by atoms with Crippen LogP contribution in [0.25, 0.3) is 0 Å². The molecule has 0 N–H and O–H groups in total. The second kappa shape index (κ2) is 6.69. The quantitative estimate of drug-likeness (QED) is 0.757. The molecule has 0 amide bonds. The Hall–Kier alpha value is -1.38. The minimum atomic E-state index is 0.119. The first kappa shape index (κ1) is 14.0. The first-order chi connectivity index (χ1) is 9.24. The maximum atomic E-state index is 11.5. The Morgan fingerprint density at radius 1 is 1.32 bits per heavy atom. The molecule has 2 heterocycles. The summed E-state index contributed by atoms with van der Waals surface area (Å²) >= 11 is 0. The molecule has 0 unspecified atom stereocenters. The Morgan fingerprint density at radius 2 is 2.05 bits per heavy atom. The molecule has 2 rings (SSSR count). The molecule has 0 spiro atoms. The third kappa shape index (κ3) is 3.55. The molecule has 19 heavy (non-hydrogen) atoms. The van der Waals surface area contributed by atoms with E-state index in [2.05, 4.69) is 16.8 Å². The van der Waals surface area contributed by atoms with E-state index in [4.69, 9.17) is 0 Å². The summed E-state index contributed by atoms with van der Waals surface area (Å²) in [7, 11) is 0. The van der Waals surface area contributed by atoms with Crippen LogP contribution in [0.3, 0.4) is 0 Å². The zero-order chi connectivity index (χ0) is 13.7.